The number of rotatable bonds is 4. The number of hydrogen-bond acceptors (Lipinski definition) is 4. The van der Waals surface area contributed by atoms with Crippen LogP contribution in [0.15, 0.2) is 36.9 Å². The lowest BCUT2D eigenvalue weighted by Gasteiger charge is -2.07. The highest BCUT2D eigenvalue weighted by Crippen LogP contribution is 2.13. The summed E-state index contributed by atoms with van der Waals surface area (Å²) in [5, 5.41) is 3.21. The van der Waals surface area contributed by atoms with E-state index in [1.807, 2.05) is 19.1 Å². The van der Waals surface area contributed by atoms with Gasteiger partial charge in [0.25, 0.3) is 0 Å². The molecule has 0 aliphatic carbocycles. The van der Waals surface area contributed by atoms with Crippen molar-refractivity contribution in [3.63, 3.8) is 0 Å². The number of pyridine rings is 1. The van der Waals surface area contributed by atoms with Crippen molar-refractivity contribution in [1.29, 1.82) is 0 Å². The van der Waals surface area contributed by atoms with Crippen molar-refractivity contribution in [1.82, 2.24) is 15.0 Å². The number of aromatic nitrogens is 3. The van der Waals surface area contributed by atoms with Crippen LogP contribution in [0.4, 0.5) is 5.82 Å². The Hall–Kier alpha value is -1.97. The van der Waals surface area contributed by atoms with Crippen LogP contribution < -0.4 is 5.32 Å². The fraction of sp³-hybridized carbons (Fsp3) is 0.250. The van der Waals surface area contributed by atoms with Crippen LogP contribution in [0, 0.1) is 0 Å². The minimum absolute atomic E-state index is 0.776. The molecule has 1 N–H and O–H groups in total. The smallest absolute Gasteiger partial charge is 0.148 e. The van der Waals surface area contributed by atoms with E-state index < -0.39 is 0 Å². The standard InChI is InChI=1S/C12H14N4/c1-2-14-12-11(15-7-8-16-12)9-10-3-5-13-6-4-10/h3-8H,2,9H2,1H3,(H,14,16). The average molecular weight is 214 g/mol. The molecule has 16 heavy (non-hydrogen) atoms. The van der Waals surface area contributed by atoms with E-state index in [-0.39, 0.29) is 0 Å². The zero-order valence-corrected chi connectivity index (χ0v) is 9.22. The van der Waals surface area contributed by atoms with Gasteiger partial charge in [0, 0.05) is 37.8 Å². The van der Waals surface area contributed by atoms with Crippen LogP contribution in [0.3, 0.4) is 0 Å². The highest BCUT2D eigenvalue weighted by atomic mass is 15.0. The van der Waals surface area contributed by atoms with Crippen molar-refractivity contribution in [3.05, 3.63) is 48.2 Å². The Morgan fingerprint density at radius 1 is 1.06 bits per heavy atom. The average Bonchev–Trinajstić information content (AvgIpc) is 2.33. The molecule has 2 rings (SSSR count). The van der Waals surface area contributed by atoms with Gasteiger partial charge in [-0.25, -0.2) is 4.98 Å². The molecule has 0 bridgehead atoms. The Balaban J connectivity index is 2.21. The molecule has 0 saturated carbocycles. The van der Waals surface area contributed by atoms with Gasteiger partial charge in [-0.05, 0) is 24.6 Å². The fourth-order valence-corrected chi connectivity index (χ4v) is 1.51. The summed E-state index contributed by atoms with van der Waals surface area (Å²) in [5.74, 6) is 0.863. The Morgan fingerprint density at radius 2 is 1.81 bits per heavy atom. The Bertz CT molecular complexity index is 442. The Morgan fingerprint density at radius 3 is 2.56 bits per heavy atom. The molecule has 0 fully saturated rings. The molecule has 0 radical (unpaired) electrons. The first-order chi connectivity index (χ1) is 7.90. The molecule has 2 heterocycles. The highest BCUT2D eigenvalue weighted by Gasteiger charge is 2.04. The van der Waals surface area contributed by atoms with Crippen LogP contribution in [0.2, 0.25) is 0 Å². The van der Waals surface area contributed by atoms with Crippen molar-refractivity contribution in [2.24, 2.45) is 0 Å². The summed E-state index contributed by atoms with van der Waals surface area (Å²) < 4.78 is 0. The topological polar surface area (TPSA) is 50.7 Å². The van der Waals surface area contributed by atoms with Crippen molar-refractivity contribution >= 4 is 5.82 Å². The van der Waals surface area contributed by atoms with Crippen molar-refractivity contribution < 1.29 is 0 Å². The summed E-state index contributed by atoms with van der Waals surface area (Å²) in [7, 11) is 0. The summed E-state index contributed by atoms with van der Waals surface area (Å²) in [6, 6.07) is 3.98. The predicted molar refractivity (Wildman–Crippen MR) is 63.2 cm³/mol. The van der Waals surface area contributed by atoms with Gasteiger partial charge in [0.15, 0.2) is 0 Å². The Kier molecular flexibility index (Phi) is 3.43. The normalized spacial score (nSPS) is 10.1. The molecule has 2 aromatic rings. The van der Waals surface area contributed by atoms with Crippen LogP contribution in [0.1, 0.15) is 18.2 Å². The first-order valence-electron chi connectivity index (χ1n) is 5.33. The van der Waals surface area contributed by atoms with Gasteiger partial charge < -0.3 is 5.32 Å². The van der Waals surface area contributed by atoms with Crippen LogP contribution in [-0.2, 0) is 6.42 Å². The second-order valence-electron chi connectivity index (χ2n) is 3.41. The molecule has 0 saturated heterocycles. The van der Waals surface area contributed by atoms with Gasteiger partial charge in [-0.3, -0.25) is 9.97 Å². The van der Waals surface area contributed by atoms with Gasteiger partial charge in [-0.1, -0.05) is 0 Å². The number of nitrogens with zero attached hydrogens (tertiary/aromatic N) is 3. The quantitative estimate of drug-likeness (QED) is 0.844. The summed E-state index contributed by atoms with van der Waals surface area (Å²) in [6.45, 7) is 2.90. The molecule has 0 amide bonds. The largest absolute Gasteiger partial charge is 0.369 e. The maximum atomic E-state index is 4.35. The summed E-state index contributed by atoms with van der Waals surface area (Å²) in [4.78, 5) is 12.6. The number of anilines is 1. The van der Waals surface area contributed by atoms with E-state index in [2.05, 4.69) is 20.3 Å². The summed E-state index contributed by atoms with van der Waals surface area (Å²) in [6.07, 6.45) is 7.78. The first kappa shape index (κ1) is 10.5. The third kappa shape index (κ3) is 2.53. The Labute approximate surface area is 94.8 Å². The lowest BCUT2D eigenvalue weighted by Crippen LogP contribution is -2.05. The van der Waals surface area contributed by atoms with Crippen LogP contribution in [0.25, 0.3) is 0 Å². The minimum Gasteiger partial charge on any atom is -0.369 e. The molecule has 82 valence electrons. The van der Waals surface area contributed by atoms with Crippen LogP contribution >= 0.6 is 0 Å². The van der Waals surface area contributed by atoms with Gasteiger partial charge in [0.05, 0.1) is 5.69 Å². The molecule has 0 aromatic carbocycles. The van der Waals surface area contributed by atoms with Gasteiger partial charge >= 0.3 is 0 Å². The summed E-state index contributed by atoms with van der Waals surface area (Å²) in [5.41, 5.74) is 2.16. The molecule has 0 atom stereocenters. The van der Waals surface area contributed by atoms with Gasteiger partial charge in [-0.15, -0.1) is 0 Å². The van der Waals surface area contributed by atoms with Gasteiger partial charge in [-0.2, -0.15) is 0 Å². The zero-order valence-electron chi connectivity index (χ0n) is 9.22. The molecular formula is C12H14N4. The molecule has 0 aliphatic heterocycles. The second-order valence-corrected chi connectivity index (χ2v) is 3.41. The molecule has 0 spiro atoms. The summed E-state index contributed by atoms with van der Waals surface area (Å²) >= 11 is 0. The number of nitrogens with one attached hydrogen (secondary N) is 1. The zero-order chi connectivity index (χ0) is 11.2. The first-order valence-corrected chi connectivity index (χ1v) is 5.33. The lowest BCUT2D eigenvalue weighted by atomic mass is 10.1. The van der Waals surface area contributed by atoms with E-state index in [1.54, 1.807) is 24.8 Å². The highest BCUT2D eigenvalue weighted by molar-refractivity contribution is 5.41. The van der Waals surface area contributed by atoms with E-state index in [1.165, 1.54) is 5.56 Å². The van der Waals surface area contributed by atoms with Crippen molar-refractivity contribution in [2.45, 2.75) is 13.3 Å². The second kappa shape index (κ2) is 5.21. The molecule has 4 heteroatoms. The molecule has 0 aliphatic rings. The van der Waals surface area contributed by atoms with E-state index in [0.717, 1.165) is 24.5 Å². The minimum atomic E-state index is 0.776. The van der Waals surface area contributed by atoms with Crippen LogP contribution in [0.5, 0.6) is 0 Å². The molecule has 0 unspecified atom stereocenters. The molecule has 4 nitrogen and oxygen atoms in total. The number of hydrogen-bond donors (Lipinski definition) is 1. The lowest BCUT2D eigenvalue weighted by molar-refractivity contribution is 1.01. The van der Waals surface area contributed by atoms with Gasteiger partial charge in [0.2, 0.25) is 0 Å². The third-order valence-electron chi connectivity index (χ3n) is 2.24. The molecule has 2 aromatic heterocycles. The van der Waals surface area contributed by atoms with E-state index in [9.17, 15) is 0 Å². The monoisotopic (exact) mass is 214 g/mol. The SMILES string of the molecule is CCNc1nccnc1Cc1ccncc1. The maximum Gasteiger partial charge on any atom is 0.148 e. The van der Waals surface area contributed by atoms with Crippen LogP contribution in [-0.4, -0.2) is 21.5 Å². The van der Waals surface area contributed by atoms with E-state index in [0.29, 0.717) is 0 Å². The maximum absolute atomic E-state index is 4.35. The van der Waals surface area contributed by atoms with Gasteiger partial charge in [0.1, 0.15) is 5.82 Å². The third-order valence-corrected chi connectivity index (χ3v) is 2.24. The van der Waals surface area contributed by atoms with Crippen molar-refractivity contribution in [2.75, 3.05) is 11.9 Å². The molecular weight excluding hydrogens is 200 g/mol. The fourth-order valence-electron chi connectivity index (χ4n) is 1.51. The van der Waals surface area contributed by atoms with Crippen molar-refractivity contribution in [3.8, 4) is 0 Å². The predicted octanol–water partition coefficient (Wildman–Crippen LogP) is 1.89. The van der Waals surface area contributed by atoms with E-state index >= 15 is 0 Å². The van der Waals surface area contributed by atoms with E-state index in [4.69, 9.17) is 0 Å².